The number of thiophene rings is 1. The van der Waals surface area contributed by atoms with Gasteiger partial charge in [-0.3, -0.25) is 4.79 Å². The fourth-order valence-corrected chi connectivity index (χ4v) is 2.64. The predicted molar refractivity (Wildman–Crippen MR) is 62.1 cm³/mol. The second-order valence-electron chi connectivity index (χ2n) is 3.58. The van der Waals surface area contributed by atoms with Crippen LogP contribution in [0.4, 0.5) is 0 Å². The number of nitrogens with one attached hydrogen (secondary N) is 1. The van der Waals surface area contributed by atoms with Crippen LogP contribution < -0.4 is 5.32 Å². The van der Waals surface area contributed by atoms with E-state index in [4.69, 9.17) is 0 Å². The third-order valence-electron chi connectivity index (χ3n) is 2.37. The summed E-state index contributed by atoms with van der Waals surface area (Å²) in [6, 6.07) is 1.85. The predicted octanol–water partition coefficient (Wildman–Crippen LogP) is 2.65. The van der Waals surface area contributed by atoms with Crippen LogP contribution in [0.25, 0.3) is 0 Å². The zero-order chi connectivity index (χ0) is 9.97. The van der Waals surface area contributed by atoms with Crippen molar-refractivity contribution < 1.29 is 4.79 Å². The van der Waals surface area contributed by atoms with Crippen LogP contribution in [0.1, 0.15) is 23.2 Å². The van der Waals surface area contributed by atoms with Crippen LogP contribution in [0.2, 0.25) is 0 Å². The van der Waals surface area contributed by atoms with E-state index in [1.54, 1.807) is 11.3 Å². The van der Waals surface area contributed by atoms with Crippen LogP contribution in [0.15, 0.2) is 16.8 Å². The summed E-state index contributed by atoms with van der Waals surface area (Å²) in [5.74, 6) is 0.814. The van der Waals surface area contributed by atoms with E-state index in [1.165, 1.54) is 12.8 Å². The maximum Gasteiger partial charge on any atom is 0.252 e. The highest BCUT2D eigenvalue weighted by Gasteiger charge is 2.29. The molecule has 1 atom stereocenters. The van der Waals surface area contributed by atoms with Gasteiger partial charge in [-0.05, 0) is 30.2 Å². The van der Waals surface area contributed by atoms with Gasteiger partial charge in [0.05, 0.1) is 0 Å². The van der Waals surface area contributed by atoms with Crippen molar-refractivity contribution in [1.29, 1.82) is 0 Å². The molecule has 0 saturated heterocycles. The molecule has 0 aliphatic heterocycles. The van der Waals surface area contributed by atoms with Gasteiger partial charge in [-0.25, -0.2) is 0 Å². The largest absolute Gasteiger partial charge is 0.351 e. The van der Waals surface area contributed by atoms with Crippen molar-refractivity contribution in [3.63, 3.8) is 0 Å². The molecule has 1 aliphatic carbocycles. The lowest BCUT2D eigenvalue weighted by atomic mass is 10.2. The third kappa shape index (κ3) is 2.58. The molecule has 1 fully saturated rings. The molecule has 4 heteroatoms. The summed E-state index contributed by atoms with van der Waals surface area (Å²) in [7, 11) is 0. The first-order valence-corrected chi connectivity index (χ1v) is 6.57. The molecule has 1 unspecified atom stereocenters. The van der Waals surface area contributed by atoms with Gasteiger partial charge in [0.15, 0.2) is 0 Å². The van der Waals surface area contributed by atoms with Crippen LogP contribution >= 0.6 is 27.3 Å². The van der Waals surface area contributed by atoms with E-state index in [1.807, 2.05) is 16.8 Å². The van der Waals surface area contributed by atoms with E-state index in [9.17, 15) is 4.79 Å². The van der Waals surface area contributed by atoms with E-state index in [-0.39, 0.29) is 5.91 Å². The second kappa shape index (κ2) is 4.45. The number of rotatable bonds is 4. The van der Waals surface area contributed by atoms with Gasteiger partial charge in [0.25, 0.3) is 5.91 Å². The van der Waals surface area contributed by atoms with Crippen LogP contribution in [-0.4, -0.2) is 17.3 Å². The first-order valence-electron chi connectivity index (χ1n) is 4.72. The van der Waals surface area contributed by atoms with Crippen LogP contribution in [-0.2, 0) is 0 Å². The lowest BCUT2D eigenvalue weighted by Crippen LogP contribution is -2.30. The van der Waals surface area contributed by atoms with Crippen molar-refractivity contribution in [3.05, 3.63) is 22.4 Å². The monoisotopic (exact) mass is 273 g/mol. The highest BCUT2D eigenvalue weighted by molar-refractivity contribution is 9.09. The topological polar surface area (TPSA) is 29.1 Å². The van der Waals surface area contributed by atoms with Crippen molar-refractivity contribution in [1.82, 2.24) is 5.32 Å². The minimum Gasteiger partial charge on any atom is -0.351 e. The molecule has 1 saturated carbocycles. The Morgan fingerprint density at radius 3 is 3.07 bits per heavy atom. The molecule has 0 spiro atoms. The summed E-state index contributed by atoms with van der Waals surface area (Å²) < 4.78 is 0. The summed E-state index contributed by atoms with van der Waals surface area (Å²) in [6.45, 7) is 0.735. The molecular weight excluding hydrogens is 262 g/mol. The zero-order valence-corrected chi connectivity index (χ0v) is 10.1. The maximum atomic E-state index is 11.5. The van der Waals surface area contributed by atoms with E-state index in [0.29, 0.717) is 4.83 Å². The molecule has 1 N–H and O–H groups in total. The maximum absolute atomic E-state index is 11.5. The fraction of sp³-hybridized carbons (Fsp3) is 0.500. The third-order valence-corrected chi connectivity index (χ3v) is 4.13. The minimum atomic E-state index is 0.0383. The Morgan fingerprint density at radius 2 is 2.50 bits per heavy atom. The number of hydrogen-bond acceptors (Lipinski definition) is 2. The molecule has 1 amide bonds. The van der Waals surface area contributed by atoms with Gasteiger partial charge in [0.1, 0.15) is 0 Å². The lowest BCUT2D eigenvalue weighted by Gasteiger charge is -2.08. The van der Waals surface area contributed by atoms with Crippen LogP contribution in [0.3, 0.4) is 0 Å². The molecule has 1 heterocycles. The summed E-state index contributed by atoms with van der Waals surface area (Å²) in [6.07, 6.45) is 2.59. The fourth-order valence-electron chi connectivity index (χ4n) is 1.31. The van der Waals surface area contributed by atoms with Crippen molar-refractivity contribution in [3.8, 4) is 0 Å². The Morgan fingerprint density at radius 1 is 1.71 bits per heavy atom. The van der Waals surface area contributed by atoms with Crippen molar-refractivity contribution in [2.75, 3.05) is 6.54 Å². The Bertz CT molecular complexity index is 308. The standard InChI is InChI=1S/C10H12BrNOS/c11-9(7-1-2-7)5-12-10(13)8-3-4-14-6-8/h3-4,6-7,9H,1-2,5H2,(H,12,13). The molecule has 14 heavy (non-hydrogen) atoms. The van der Waals surface area contributed by atoms with Crippen LogP contribution in [0.5, 0.6) is 0 Å². The number of amides is 1. The van der Waals surface area contributed by atoms with Gasteiger partial charge in [0, 0.05) is 22.3 Å². The number of hydrogen-bond donors (Lipinski definition) is 1. The molecule has 1 aliphatic rings. The Hall–Kier alpha value is -0.350. The molecule has 1 aromatic rings. The number of carbonyl (C=O) groups is 1. The number of alkyl halides is 1. The summed E-state index contributed by atoms with van der Waals surface area (Å²) in [5, 5.41) is 6.72. The van der Waals surface area contributed by atoms with E-state index < -0.39 is 0 Å². The normalized spacial score (nSPS) is 17.8. The highest BCUT2D eigenvalue weighted by atomic mass is 79.9. The second-order valence-corrected chi connectivity index (χ2v) is 5.53. The SMILES string of the molecule is O=C(NCC(Br)C1CC1)c1ccsc1. The summed E-state index contributed by atoms with van der Waals surface area (Å²) in [5.41, 5.74) is 0.769. The van der Waals surface area contributed by atoms with Gasteiger partial charge in [-0.15, -0.1) is 0 Å². The van der Waals surface area contributed by atoms with Gasteiger partial charge >= 0.3 is 0 Å². The highest BCUT2D eigenvalue weighted by Crippen LogP contribution is 2.36. The smallest absolute Gasteiger partial charge is 0.252 e. The summed E-state index contributed by atoms with van der Waals surface area (Å²) in [4.78, 5) is 12.0. The molecule has 0 radical (unpaired) electrons. The molecular formula is C10H12BrNOS. The quantitative estimate of drug-likeness (QED) is 0.840. The lowest BCUT2D eigenvalue weighted by molar-refractivity contribution is 0.0954. The summed E-state index contributed by atoms with van der Waals surface area (Å²) >= 11 is 5.13. The average molecular weight is 274 g/mol. The van der Waals surface area contributed by atoms with Crippen LogP contribution in [0, 0.1) is 5.92 Å². The first-order chi connectivity index (χ1) is 6.77. The van der Waals surface area contributed by atoms with E-state index in [2.05, 4.69) is 21.2 Å². The Labute approximate surface area is 95.8 Å². The molecule has 2 rings (SSSR count). The van der Waals surface area contributed by atoms with Gasteiger partial charge < -0.3 is 5.32 Å². The molecule has 1 aromatic heterocycles. The Balaban J connectivity index is 1.77. The number of halogens is 1. The van der Waals surface area contributed by atoms with E-state index >= 15 is 0 Å². The molecule has 0 aromatic carbocycles. The number of carbonyl (C=O) groups excluding carboxylic acids is 1. The van der Waals surface area contributed by atoms with E-state index in [0.717, 1.165) is 18.0 Å². The van der Waals surface area contributed by atoms with Crippen molar-refractivity contribution >= 4 is 33.2 Å². The van der Waals surface area contributed by atoms with Gasteiger partial charge in [-0.1, -0.05) is 15.9 Å². The first kappa shape index (κ1) is 10.2. The molecule has 0 bridgehead atoms. The minimum absolute atomic E-state index is 0.0383. The van der Waals surface area contributed by atoms with Gasteiger partial charge in [0.2, 0.25) is 0 Å². The molecule has 76 valence electrons. The average Bonchev–Trinajstić information content (AvgIpc) is 2.90. The van der Waals surface area contributed by atoms with Crippen molar-refractivity contribution in [2.45, 2.75) is 17.7 Å². The Kier molecular flexibility index (Phi) is 3.23. The van der Waals surface area contributed by atoms with Crippen molar-refractivity contribution in [2.24, 2.45) is 5.92 Å². The zero-order valence-electron chi connectivity index (χ0n) is 7.70. The molecule has 2 nitrogen and oxygen atoms in total. The van der Waals surface area contributed by atoms with Gasteiger partial charge in [-0.2, -0.15) is 11.3 Å².